The van der Waals surface area contributed by atoms with E-state index in [4.69, 9.17) is 9.84 Å². The smallest absolute Gasteiger partial charge is 0.407 e. The molecule has 0 heterocycles. The minimum Gasteiger partial charge on any atom is -0.481 e. The number of alkyl carbamates (subject to hydrolysis) is 1. The van der Waals surface area contributed by atoms with E-state index in [1.807, 2.05) is 24.3 Å². The SMILES string of the molecule is O=C(NC1CCC(C(=O)NC2CCC(C(=O)O)C2)CC1)OCC1c2ccccc2-c2ccccc21. The number of aliphatic carboxylic acids is 1. The van der Waals surface area contributed by atoms with Crippen LogP contribution >= 0.6 is 0 Å². The number of hydrogen-bond acceptors (Lipinski definition) is 4. The second-order valence-electron chi connectivity index (χ2n) is 10.1. The number of carbonyl (C=O) groups excluding carboxylic acids is 2. The molecule has 2 aromatic carbocycles. The number of carboxylic acid groups (broad SMARTS) is 1. The Kier molecular flexibility index (Phi) is 6.75. The average molecular weight is 477 g/mol. The van der Waals surface area contributed by atoms with Crippen molar-refractivity contribution in [2.24, 2.45) is 11.8 Å². The van der Waals surface area contributed by atoms with Crippen molar-refractivity contribution in [3.8, 4) is 11.1 Å². The Bertz CT molecular complexity index is 1060. The fourth-order valence-electron chi connectivity index (χ4n) is 5.96. The molecule has 5 rings (SSSR count). The Labute approximate surface area is 205 Å². The van der Waals surface area contributed by atoms with Gasteiger partial charge in [-0.1, -0.05) is 48.5 Å². The zero-order valence-corrected chi connectivity index (χ0v) is 19.7. The molecule has 2 fully saturated rings. The predicted molar refractivity (Wildman–Crippen MR) is 131 cm³/mol. The lowest BCUT2D eigenvalue weighted by molar-refractivity contribution is -0.141. The summed E-state index contributed by atoms with van der Waals surface area (Å²) in [6.07, 6.45) is 4.31. The Morgan fingerprint density at radius 3 is 1.94 bits per heavy atom. The van der Waals surface area contributed by atoms with Crippen LogP contribution in [0.3, 0.4) is 0 Å². The van der Waals surface area contributed by atoms with E-state index in [1.54, 1.807) is 0 Å². The number of benzene rings is 2. The van der Waals surface area contributed by atoms with Gasteiger partial charge < -0.3 is 20.5 Å². The first-order valence-electron chi connectivity index (χ1n) is 12.6. The molecule has 2 saturated carbocycles. The molecule has 0 radical (unpaired) electrons. The van der Waals surface area contributed by atoms with Crippen molar-refractivity contribution in [2.75, 3.05) is 6.61 Å². The molecule has 0 aromatic heterocycles. The zero-order chi connectivity index (χ0) is 24.4. The first kappa shape index (κ1) is 23.4. The molecule has 3 N–H and O–H groups in total. The minimum absolute atomic E-state index is 0.00225. The highest BCUT2D eigenvalue weighted by molar-refractivity contribution is 5.80. The summed E-state index contributed by atoms with van der Waals surface area (Å²) in [6, 6.07) is 16.5. The van der Waals surface area contributed by atoms with Gasteiger partial charge in [0.1, 0.15) is 6.61 Å². The maximum Gasteiger partial charge on any atom is 0.407 e. The number of rotatable bonds is 6. The highest BCUT2D eigenvalue weighted by Crippen LogP contribution is 2.44. The van der Waals surface area contributed by atoms with Crippen molar-refractivity contribution in [2.45, 2.75) is 62.9 Å². The number of ether oxygens (including phenoxy) is 1. The van der Waals surface area contributed by atoms with Crippen molar-refractivity contribution in [3.05, 3.63) is 59.7 Å². The van der Waals surface area contributed by atoms with Crippen LogP contribution in [0.15, 0.2) is 48.5 Å². The topological polar surface area (TPSA) is 105 Å². The lowest BCUT2D eigenvalue weighted by atomic mass is 9.85. The van der Waals surface area contributed by atoms with Crippen LogP contribution in [-0.2, 0) is 14.3 Å². The number of fused-ring (bicyclic) bond motifs is 3. The highest BCUT2D eigenvalue weighted by Gasteiger charge is 2.34. The van der Waals surface area contributed by atoms with Gasteiger partial charge in [-0.2, -0.15) is 0 Å². The second kappa shape index (κ2) is 10.1. The molecule has 7 nitrogen and oxygen atoms in total. The highest BCUT2D eigenvalue weighted by atomic mass is 16.5. The van der Waals surface area contributed by atoms with E-state index in [9.17, 15) is 14.4 Å². The Balaban J connectivity index is 1.07. The van der Waals surface area contributed by atoms with Gasteiger partial charge in [-0.15, -0.1) is 0 Å². The van der Waals surface area contributed by atoms with E-state index in [0.29, 0.717) is 25.7 Å². The van der Waals surface area contributed by atoms with Gasteiger partial charge in [-0.05, 0) is 67.2 Å². The molecular formula is C28H32N2O5. The van der Waals surface area contributed by atoms with Crippen molar-refractivity contribution in [1.82, 2.24) is 10.6 Å². The molecule has 2 atom stereocenters. The molecule has 0 bridgehead atoms. The van der Waals surface area contributed by atoms with Crippen molar-refractivity contribution in [3.63, 3.8) is 0 Å². The first-order chi connectivity index (χ1) is 17.0. The summed E-state index contributed by atoms with van der Waals surface area (Å²) in [5, 5.41) is 15.2. The Morgan fingerprint density at radius 1 is 0.771 bits per heavy atom. The molecule has 2 unspecified atom stereocenters. The van der Waals surface area contributed by atoms with Crippen LogP contribution in [0.25, 0.3) is 11.1 Å². The lowest BCUT2D eigenvalue weighted by Crippen LogP contribution is -2.43. The van der Waals surface area contributed by atoms with Crippen LogP contribution in [0.5, 0.6) is 0 Å². The van der Waals surface area contributed by atoms with Gasteiger partial charge in [0.25, 0.3) is 0 Å². The van der Waals surface area contributed by atoms with Crippen LogP contribution < -0.4 is 10.6 Å². The normalized spacial score (nSPS) is 25.4. The van der Waals surface area contributed by atoms with Gasteiger partial charge in [-0.25, -0.2) is 4.79 Å². The maximum absolute atomic E-state index is 12.6. The third-order valence-corrected chi connectivity index (χ3v) is 7.89. The molecule has 7 heteroatoms. The van der Waals surface area contributed by atoms with Gasteiger partial charge in [0.2, 0.25) is 5.91 Å². The maximum atomic E-state index is 12.6. The summed E-state index contributed by atoms with van der Waals surface area (Å²) in [7, 11) is 0. The summed E-state index contributed by atoms with van der Waals surface area (Å²) in [4.78, 5) is 36.3. The first-order valence-corrected chi connectivity index (χ1v) is 12.6. The molecule has 0 spiro atoms. The van der Waals surface area contributed by atoms with Crippen LogP contribution in [0.1, 0.15) is 62.0 Å². The quantitative estimate of drug-likeness (QED) is 0.571. The van der Waals surface area contributed by atoms with Crippen LogP contribution in [0, 0.1) is 11.8 Å². The van der Waals surface area contributed by atoms with Gasteiger partial charge >= 0.3 is 12.1 Å². The molecule has 184 valence electrons. The van der Waals surface area contributed by atoms with Crippen LogP contribution in [0.2, 0.25) is 0 Å². The van der Waals surface area contributed by atoms with Gasteiger partial charge in [-0.3, -0.25) is 9.59 Å². The molecule has 0 aliphatic heterocycles. The molecule has 2 amide bonds. The standard InChI is InChI=1S/C28H32N2O5/c31-26(29-20-14-11-18(15-20)27(32)33)17-9-12-19(13-10-17)30-28(34)35-16-25-23-7-3-1-5-21(23)22-6-2-4-8-24(22)25/h1-8,17-20,25H,9-16H2,(H,29,31)(H,30,34)(H,32,33). The molecule has 3 aliphatic rings. The number of hydrogen-bond donors (Lipinski definition) is 3. The summed E-state index contributed by atoms with van der Waals surface area (Å²) >= 11 is 0. The minimum atomic E-state index is -0.776. The van der Waals surface area contributed by atoms with E-state index in [-0.39, 0.29) is 42.4 Å². The largest absolute Gasteiger partial charge is 0.481 e. The molecule has 35 heavy (non-hydrogen) atoms. The number of carboxylic acids is 1. The van der Waals surface area contributed by atoms with Crippen molar-refractivity contribution < 1.29 is 24.2 Å². The average Bonchev–Trinajstić information content (AvgIpc) is 3.46. The Hall–Kier alpha value is -3.35. The third-order valence-electron chi connectivity index (χ3n) is 7.89. The van der Waals surface area contributed by atoms with E-state index < -0.39 is 12.1 Å². The predicted octanol–water partition coefficient (Wildman–Crippen LogP) is 4.45. The third kappa shape index (κ3) is 5.04. The van der Waals surface area contributed by atoms with E-state index in [0.717, 1.165) is 19.3 Å². The van der Waals surface area contributed by atoms with E-state index in [1.165, 1.54) is 22.3 Å². The van der Waals surface area contributed by atoms with E-state index in [2.05, 4.69) is 34.9 Å². The van der Waals surface area contributed by atoms with E-state index >= 15 is 0 Å². The summed E-state index contributed by atoms with van der Waals surface area (Å²) in [6.45, 7) is 0.288. The Morgan fingerprint density at radius 2 is 1.34 bits per heavy atom. The molecule has 3 aliphatic carbocycles. The molecular weight excluding hydrogens is 444 g/mol. The van der Waals surface area contributed by atoms with Gasteiger partial charge in [0, 0.05) is 23.9 Å². The summed E-state index contributed by atoms with van der Waals surface area (Å²) < 4.78 is 5.66. The van der Waals surface area contributed by atoms with Crippen LogP contribution in [0.4, 0.5) is 4.79 Å². The number of nitrogens with one attached hydrogen (secondary N) is 2. The van der Waals surface area contributed by atoms with Gasteiger partial charge in [0.15, 0.2) is 0 Å². The number of amides is 2. The molecule has 0 saturated heterocycles. The lowest BCUT2D eigenvalue weighted by Gasteiger charge is -2.29. The fraction of sp³-hybridized carbons (Fsp3) is 0.464. The van der Waals surface area contributed by atoms with Crippen molar-refractivity contribution >= 4 is 18.0 Å². The van der Waals surface area contributed by atoms with Crippen LogP contribution in [-0.4, -0.2) is 41.8 Å². The van der Waals surface area contributed by atoms with Crippen molar-refractivity contribution in [1.29, 1.82) is 0 Å². The summed E-state index contributed by atoms with van der Waals surface area (Å²) in [5.74, 6) is -1.16. The zero-order valence-electron chi connectivity index (χ0n) is 19.7. The number of carbonyl (C=O) groups is 3. The summed E-state index contributed by atoms with van der Waals surface area (Å²) in [5.41, 5.74) is 4.77. The molecule has 2 aromatic rings. The van der Waals surface area contributed by atoms with Gasteiger partial charge in [0.05, 0.1) is 5.92 Å². The monoisotopic (exact) mass is 476 g/mol. The fourth-order valence-corrected chi connectivity index (χ4v) is 5.96. The second-order valence-corrected chi connectivity index (χ2v) is 10.1.